The second-order valence-electron chi connectivity index (χ2n) is 5.87. The smallest absolute Gasteiger partial charge is 0.266 e. The Morgan fingerprint density at radius 2 is 1.96 bits per heavy atom. The van der Waals surface area contributed by atoms with Gasteiger partial charge in [-0.3, -0.25) is 0 Å². The lowest BCUT2D eigenvalue weighted by molar-refractivity contribution is 0.0257. The number of hydrogen-bond donors (Lipinski definition) is 0. The summed E-state index contributed by atoms with van der Waals surface area (Å²) < 4.78 is 28.9. The Morgan fingerprint density at radius 3 is 2.67 bits per heavy atom. The quantitative estimate of drug-likeness (QED) is 0.680. The third kappa shape index (κ3) is 2.80. The van der Waals surface area contributed by atoms with E-state index in [1.165, 1.54) is 4.90 Å². The van der Waals surface area contributed by atoms with Crippen LogP contribution in [0.3, 0.4) is 0 Å². The lowest BCUT2D eigenvalue weighted by Crippen LogP contribution is -2.26. The molecule has 0 spiro atoms. The van der Waals surface area contributed by atoms with Gasteiger partial charge in [-0.15, -0.1) is 0 Å². The Hall–Kier alpha value is -2.28. The number of rotatable bonds is 3. The first-order chi connectivity index (χ1) is 11.5. The summed E-state index contributed by atoms with van der Waals surface area (Å²) in [6.07, 6.45) is 1.45. The van der Waals surface area contributed by atoms with E-state index in [1.807, 2.05) is 34.9 Å². The predicted octanol–water partition coefficient (Wildman–Crippen LogP) is 3.37. The Labute approximate surface area is 141 Å². The predicted molar refractivity (Wildman–Crippen MR) is 87.7 cm³/mol. The van der Waals surface area contributed by atoms with Gasteiger partial charge in [0.2, 0.25) is 5.28 Å². The Kier molecular flexibility index (Phi) is 3.60. The molecule has 5 nitrogen and oxygen atoms in total. The number of halogens is 3. The number of hydrogen-bond acceptors (Lipinski definition) is 4. The Morgan fingerprint density at radius 1 is 1.17 bits per heavy atom. The highest BCUT2D eigenvalue weighted by atomic mass is 35.5. The van der Waals surface area contributed by atoms with Gasteiger partial charge in [-0.2, -0.15) is 9.97 Å². The van der Waals surface area contributed by atoms with Gasteiger partial charge in [-0.25, -0.2) is 13.8 Å². The monoisotopic (exact) mass is 349 g/mol. The highest BCUT2D eigenvalue weighted by molar-refractivity contribution is 6.28. The first-order valence-corrected chi connectivity index (χ1v) is 7.95. The fourth-order valence-corrected chi connectivity index (χ4v) is 3.10. The molecule has 1 aliphatic heterocycles. The zero-order valence-corrected chi connectivity index (χ0v) is 13.4. The number of aromatic nitrogens is 4. The van der Waals surface area contributed by atoms with E-state index in [0.717, 1.165) is 5.56 Å². The summed E-state index contributed by atoms with van der Waals surface area (Å²) in [5.74, 6) is -2.34. The van der Waals surface area contributed by atoms with E-state index in [9.17, 15) is 8.78 Å². The molecule has 0 atom stereocenters. The van der Waals surface area contributed by atoms with Gasteiger partial charge in [0.05, 0.1) is 19.4 Å². The third-order valence-corrected chi connectivity index (χ3v) is 4.25. The average Bonchev–Trinajstić information content (AvgIpc) is 3.11. The van der Waals surface area contributed by atoms with Gasteiger partial charge in [0, 0.05) is 13.0 Å². The molecule has 0 amide bonds. The third-order valence-electron chi connectivity index (χ3n) is 4.08. The normalized spacial score (nSPS) is 16.9. The van der Waals surface area contributed by atoms with Crippen LogP contribution in [-0.2, 0) is 6.54 Å². The van der Waals surface area contributed by atoms with Crippen LogP contribution in [0.5, 0.6) is 0 Å². The molecule has 24 heavy (non-hydrogen) atoms. The van der Waals surface area contributed by atoms with Crippen molar-refractivity contribution in [1.29, 1.82) is 0 Å². The second kappa shape index (κ2) is 5.66. The maximum atomic E-state index is 13.5. The van der Waals surface area contributed by atoms with Gasteiger partial charge in [0.1, 0.15) is 0 Å². The highest BCUT2D eigenvalue weighted by Gasteiger charge is 2.39. The summed E-state index contributed by atoms with van der Waals surface area (Å²) in [5, 5.41) is 0.0301. The van der Waals surface area contributed by atoms with Gasteiger partial charge >= 0.3 is 0 Å². The first-order valence-electron chi connectivity index (χ1n) is 7.57. The SMILES string of the molecule is FC1(F)CCN(c2nc(Cl)nc3c2ncn3Cc2ccccc2)C1. The molecule has 1 saturated heterocycles. The van der Waals surface area contributed by atoms with E-state index in [0.29, 0.717) is 23.5 Å². The molecule has 0 bridgehead atoms. The minimum atomic E-state index is -2.71. The van der Waals surface area contributed by atoms with Crippen LogP contribution in [0, 0.1) is 0 Å². The lowest BCUT2D eigenvalue weighted by Gasteiger charge is -2.17. The summed E-state index contributed by atoms with van der Waals surface area (Å²) in [6, 6.07) is 9.84. The molecule has 2 aromatic heterocycles. The fraction of sp³-hybridized carbons (Fsp3) is 0.312. The van der Waals surface area contributed by atoms with Crippen molar-refractivity contribution in [2.24, 2.45) is 0 Å². The molecular formula is C16H14ClF2N5. The van der Waals surface area contributed by atoms with Crippen molar-refractivity contribution in [2.45, 2.75) is 18.9 Å². The van der Waals surface area contributed by atoms with Crippen molar-refractivity contribution in [3.05, 3.63) is 47.5 Å². The number of fused-ring (bicyclic) bond motifs is 1. The van der Waals surface area contributed by atoms with E-state index in [4.69, 9.17) is 11.6 Å². The summed E-state index contributed by atoms with van der Waals surface area (Å²) in [5.41, 5.74) is 2.12. The van der Waals surface area contributed by atoms with Crippen LogP contribution in [0.2, 0.25) is 5.28 Å². The van der Waals surface area contributed by atoms with E-state index < -0.39 is 5.92 Å². The minimum absolute atomic E-state index is 0.0301. The summed E-state index contributed by atoms with van der Waals surface area (Å²) in [6.45, 7) is 0.419. The molecule has 3 aromatic rings. The molecule has 0 aliphatic carbocycles. The maximum Gasteiger partial charge on any atom is 0.266 e. The van der Waals surface area contributed by atoms with Crippen molar-refractivity contribution >= 4 is 28.6 Å². The molecule has 0 radical (unpaired) electrons. The minimum Gasteiger partial charge on any atom is -0.348 e. The highest BCUT2D eigenvalue weighted by Crippen LogP contribution is 2.33. The fourth-order valence-electron chi connectivity index (χ4n) is 2.94. The molecule has 0 saturated carbocycles. The number of alkyl halides is 2. The van der Waals surface area contributed by atoms with Gasteiger partial charge in [-0.05, 0) is 17.2 Å². The number of anilines is 1. The number of nitrogens with zero attached hydrogens (tertiary/aromatic N) is 5. The van der Waals surface area contributed by atoms with Gasteiger partial charge in [0.25, 0.3) is 5.92 Å². The second-order valence-corrected chi connectivity index (χ2v) is 6.21. The summed E-state index contributed by atoms with van der Waals surface area (Å²) in [7, 11) is 0. The molecule has 0 N–H and O–H groups in total. The lowest BCUT2D eigenvalue weighted by atomic mass is 10.2. The molecule has 1 aromatic carbocycles. The average molecular weight is 350 g/mol. The molecule has 8 heteroatoms. The molecule has 1 fully saturated rings. The van der Waals surface area contributed by atoms with Crippen LogP contribution >= 0.6 is 11.6 Å². The van der Waals surface area contributed by atoms with Crippen molar-refractivity contribution in [3.8, 4) is 0 Å². The van der Waals surface area contributed by atoms with Crippen molar-refractivity contribution in [2.75, 3.05) is 18.0 Å². The van der Waals surface area contributed by atoms with E-state index in [-0.39, 0.29) is 24.8 Å². The first kappa shape index (κ1) is 15.3. The molecule has 4 rings (SSSR count). The molecule has 3 heterocycles. The topological polar surface area (TPSA) is 46.8 Å². The Bertz CT molecular complexity index is 881. The van der Waals surface area contributed by atoms with Crippen LogP contribution in [0.4, 0.5) is 14.6 Å². The van der Waals surface area contributed by atoms with Crippen LogP contribution in [-0.4, -0.2) is 38.5 Å². The van der Waals surface area contributed by atoms with Crippen LogP contribution < -0.4 is 4.90 Å². The summed E-state index contributed by atoms with van der Waals surface area (Å²) >= 11 is 6.03. The van der Waals surface area contributed by atoms with Crippen molar-refractivity contribution < 1.29 is 8.78 Å². The van der Waals surface area contributed by atoms with E-state index >= 15 is 0 Å². The van der Waals surface area contributed by atoms with Crippen molar-refractivity contribution in [1.82, 2.24) is 19.5 Å². The van der Waals surface area contributed by atoms with Gasteiger partial charge < -0.3 is 9.47 Å². The molecule has 1 aliphatic rings. The molecule has 0 unspecified atom stereocenters. The van der Waals surface area contributed by atoms with Crippen LogP contribution in [0.1, 0.15) is 12.0 Å². The summed E-state index contributed by atoms with van der Waals surface area (Å²) in [4.78, 5) is 14.2. The maximum absolute atomic E-state index is 13.5. The van der Waals surface area contributed by atoms with E-state index in [2.05, 4.69) is 15.0 Å². The Balaban J connectivity index is 1.75. The zero-order valence-electron chi connectivity index (χ0n) is 12.7. The van der Waals surface area contributed by atoms with Crippen LogP contribution in [0.15, 0.2) is 36.7 Å². The largest absolute Gasteiger partial charge is 0.348 e. The van der Waals surface area contributed by atoms with E-state index in [1.54, 1.807) is 6.33 Å². The standard InChI is InChI=1S/C16H14ClF2N5/c17-15-21-13(23-7-6-16(18,19)9-23)12-14(22-15)24(10-20-12)8-11-4-2-1-3-5-11/h1-5,10H,6-9H2. The molecule has 124 valence electrons. The molecular weight excluding hydrogens is 336 g/mol. The van der Waals surface area contributed by atoms with Crippen LogP contribution in [0.25, 0.3) is 11.2 Å². The zero-order chi connectivity index (χ0) is 16.7. The van der Waals surface area contributed by atoms with Gasteiger partial charge in [0.15, 0.2) is 17.0 Å². The number of imidazole rings is 1. The van der Waals surface area contributed by atoms with Crippen molar-refractivity contribution in [3.63, 3.8) is 0 Å². The number of benzene rings is 1. The van der Waals surface area contributed by atoms with Gasteiger partial charge in [-0.1, -0.05) is 30.3 Å².